The monoisotopic (exact) mass is 353 g/mol. The molecule has 8 heteroatoms. The Hall–Kier alpha value is -1.19. The van der Waals surface area contributed by atoms with Crippen LogP contribution in [0.2, 0.25) is 0 Å². The van der Waals surface area contributed by atoms with Crippen LogP contribution in [0.3, 0.4) is 0 Å². The predicted molar refractivity (Wildman–Crippen MR) is 95.7 cm³/mol. The second kappa shape index (κ2) is 7.37. The first kappa shape index (κ1) is 17.6. The summed E-state index contributed by atoms with van der Waals surface area (Å²) in [4.78, 5) is 4.44. The fraction of sp³-hybridized carbons (Fsp3) is 0.625. The van der Waals surface area contributed by atoms with Crippen molar-refractivity contribution in [3.8, 4) is 0 Å². The van der Waals surface area contributed by atoms with Gasteiger partial charge >= 0.3 is 0 Å². The van der Waals surface area contributed by atoms with Crippen molar-refractivity contribution >= 4 is 15.9 Å². The summed E-state index contributed by atoms with van der Waals surface area (Å²) in [6.45, 7) is 6.19. The zero-order chi connectivity index (χ0) is 17.2. The minimum absolute atomic E-state index is 0.553. The molecule has 2 fully saturated rings. The standard InChI is InChI=1S/C16H27N5O2S/c1-18-5-9-20(10-6-18)24(22,23)21-11-7-19(8-12-21)14-15-3-2-4-16(17)13-15/h2-4,13H,5-12,14,17H2,1H3. The molecule has 2 aliphatic rings. The van der Waals surface area contributed by atoms with Gasteiger partial charge in [-0.05, 0) is 24.7 Å². The Kier molecular flexibility index (Phi) is 5.41. The Balaban J connectivity index is 1.54. The molecule has 1 aromatic carbocycles. The maximum absolute atomic E-state index is 12.8. The fourth-order valence-corrected chi connectivity index (χ4v) is 4.83. The van der Waals surface area contributed by atoms with Gasteiger partial charge in [0.1, 0.15) is 0 Å². The van der Waals surface area contributed by atoms with Crippen molar-refractivity contribution in [1.82, 2.24) is 18.4 Å². The summed E-state index contributed by atoms with van der Waals surface area (Å²) in [7, 11) is -1.29. The largest absolute Gasteiger partial charge is 0.399 e. The van der Waals surface area contributed by atoms with Crippen molar-refractivity contribution in [3.05, 3.63) is 29.8 Å². The van der Waals surface area contributed by atoms with Crippen LogP contribution >= 0.6 is 0 Å². The summed E-state index contributed by atoms with van der Waals surface area (Å²) >= 11 is 0. The third-order valence-electron chi connectivity index (χ3n) is 4.80. The van der Waals surface area contributed by atoms with Gasteiger partial charge in [0.05, 0.1) is 0 Å². The van der Waals surface area contributed by atoms with E-state index in [4.69, 9.17) is 5.73 Å². The van der Waals surface area contributed by atoms with Crippen molar-refractivity contribution in [3.63, 3.8) is 0 Å². The molecule has 2 aliphatic heterocycles. The minimum Gasteiger partial charge on any atom is -0.399 e. The van der Waals surface area contributed by atoms with Gasteiger partial charge in [0.2, 0.25) is 0 Å². The predicted octanol–water partition coefficient (Wildman–Crippen LogP) is -0.121. The van der Waals surface area contributed by atoms with Gasteiger partial charge in [0, 0.05) is 64.6 Å². The molecule has 2 N–H and O–H groups in total. The Morgan fingerprint density at radius 1 is 0.958 bits per heavy atom. The van der Waals surface area contributed by atoms with Gasteiger partial charge in [0.25, 0.3) is 10.2 Å². The van der Waals surface area contributed by atoms with Crippen LogP contribution in [-0.2, 0) is 16.8 Å². The average molecular weight is 353 g/mol. The number of anilines is 1. The van der Waals surface area contributed by atoms with Crippen LogP contribution in [0, 0.1) is 0 Å². The summed E-state index contributed by atoms with van der Waals surface area (Å²) in [5, 5.41) is 0. The Morgan fingerprint density at radius 3 is 2.12 bits per heavy atom. The van der Waals surface area contributed by atoms with E-state index in [2.05, 4.69) is 15.9 Å². The van der Waals surface area contributed by atoms with Crippen LogP contribution in [-0.4, -0.2) is 86.2 Å². The van der Waals surface area contributed by atoms with E-state index in [1.165, 1.54) is 5.56 Å². The molecule has 0 unspecified atom stereocenters. The van der Waals surface area contributed by atoms with Crippen molar-refractivity contribution in [2.75, 3.05) is 65.1 Å². The Labute approximate surface area is 144 Å². The molecular weight excluding hydrogens is 326 g/mol. The summed E-state index contributed by atoms with van der Waals surface area (Å²) < 4.78 is 28.8. The SMILES string of the molecule is CN1CCN(S(=O)(=O)N2CCN(Cc3cccc(N)c3)CC2)CC1. The summed E-state index contributed by atoms with van der Waals surface area (Å²) in [6.07, 6.45) is 0. The molecule has 0 radical (unpaired) electrons. The van der Waals surface area contributed by atoms with Crippen molar-refractivity contribution in [2.45, 2.75) is 6.54 Å². The van der Waals surface area contributed by atoms with E-state index in [1.807, 2.05) is 25.2 Å². The van der Waals surface area contributed by atoms with Crippen LogP contribution in [0.4, 0.5) is 5.69 Å². The van der Waals surface area contributed by atoms with E-state index < -0.39 is 10.2 Å². The lowest BCUT2D eigenvalue weighted by Gasteiger charge is -2.39. The topological polar surface area (TPSA) is 73.1 Å². The molecule has 0 spiro atoms. The van der Waals surface area contributed by atoms with Crippen LogP contribution in [0.1, 0.15) is 5.56 Å². The molecule has 134 valence electrons. The van der Waals surface area contributed by atoms with Crippen LogP contribution in [0.5, 0.6) is 0 Å². The molecular formula is C16H27N5O2S. The maximum atomic E-state index is 12.8. The normalized spacial score (nSPS) is 22.7. The molecule has 0 atom stereocenters. The van der Waals surface area contributed by atoms with Crippen molar-refractivity contribution < 1.29 is 8.42 Å². The third kappa shape index (κ3) is 4.07. The number of nitrogens with two attached hydrogens (primary N) is 1. The molecule has 0 aliphatic carbocycles. The highest BCUT2D eigenvalue weighted by Crippen LogP contribution is 2.16. The number of piperazine rings is 2. The molecule has 0 aromatic heterocycles. The fourth-order valence-electron chi connectivity index (χ4n) is 3.25. The van der Waals surface area contributed by atoms with Gasteiger partial charge < -0.3 is 10.6 Å². The van der Waals surface area contributed by atoms with Gasteiger partial charge in [-0.25, -0.2) is 0 Å². The maximum Gasteiger partial charge on any atom is 0.282 e. The van der Waals surface area contributed by atoms with Crippen molar-refractivity contribution in [2.24, 2.45) is 0 Å². The molecule has 0 saturated carbocycles. The molecule has 0 bridgehead atoms. The summed E-state index contributed by atoms with van der Waals surface area (Å²) in [5.41, 5.74) is 7.76. The minimum atomic E-state index is -3.32. The van der Waals surface area contributed by atoms with E-state index in [0.717, 1.165) is 38.4 Å². The average Bonchev–Trinajstić information content (AvgIpc) is 2.56. The summed E-state index contributed by atoms with van der Waals surface area (Å²) in [5.74, 6) is 0. The zero-order valence-corrected chi connectivity index (χ0v) is 15.1. The molecule has 0 amide bonds. The molecule has 1 aromatic rings. The Bertz CT molecular complexity index is 650. The number of hydrogen-bond acceptors (Lipinski definition) is 5. The lowest BCUT2D eigenvalue weighted by Crippen LogP contribution is -2.56. The molecule has 2 heterocycles. The van der Waals surface area contributed by atoms with E-state index in [0.29, 0.717) is 26.2 Å². The molecule has 2 saturated heterocycles. The molecule has 24 heavy (non-hydrogen) atoms. The Morgan fingerprint density at radius 2 is 1.54 bits per heavy atom. The van der Waals surface area contributed by atoms with Crippen LogP contribution in [0.25, 0.3) is 0 Å². The molecule has 7 nitrogen and oxygen atoms in total. The summed E-state index contributed by atoms with van der Waals surface area (Å²) in [6, 6.07) is 7.87. The zero-order valence-electron chi connectivity index (χ0n) is 14.3. The van der Waals surface area contributed by atoms with E-state index >= 15 is 0 Å². The van der Waals surface area contributed by atoms with Gasteiger partial charge in [-0.1, -0.05) is 12.1 Å². The molecule has 3 rings (SSSR count). The lowest BCUT2D eigenvalue weighted by atomic mass is 10.2. The van der Waals surface area contributed by atoms with E-state index in [9.17, 15) is 8.42 Å². The van der Waals surface area contributed by atoms with Crippen molar-refractivity contribution in [1.29, 1.82) is 0 Å². The first-order valence-electron chi connectivity index (χ1n) is 8.46. The number of nitrogen functional groups attached to an aromatic ring is 1. The van der Waals surface area contributed by atoms with Crippen LogP contribution < -0.4 is 5.73 Å². The van der Waals surface area contributed by atoms with Gasteiger partial charge in [-0.2, -0.15) is 17.0 Å². The number of rotatable bonds is 4. The number of benzene rings is 1. The quantitative estimate of drug-likeness (QED) is 0.764. The number of hydrogen-bond donors (Lipinski definition) is 1. The second-order valence-electron chi connectivity index (χ2n) is 6.63. The second-order valence-corrected chi connectivity index (χ2v) is 8.56. The van der Waals surface area contributed by atoms with Gasteiger partial charge in [0.15, 0.2) is 0 Å². The van der Waals surface area contributed by atoms with E-state index in [-0.39, 0.29) is 0 Å². The van der Waals surface area contributed by atoms with Crippen LogP contribution in [0.15, 0.2) is 24.3 Å². The van der Waals surface area contributed by atoms with Gasteiger partial charge in [-0.15, -0.1) is 0 Å². The number of likely N-dealkylation sites (N-methyl/N-ethyl adjacent to an activating group) is 1. The first-order chi connectivity index (χ1) is 11.4. The highest BCUT2D eigenvalue weighted by Gasteiger charge is 2.33. The highest BCUT2D eigenvalue weighted by atomic mass is 32.2. The third-order valence-corrected chi connectivity index (χ3v) is 6.84. The van der Waals surface area contributed by atoms with E-state index in [1.54, 1.807) is 8.61 Å². The van der Waals surface area contributed by atoms with Gasteiger partial charge in [-0.3, -0.25) is 4.90 Å². The number of nitrogens with zero attached hydrogens (tertiary/aromatic N) is 4. The first-order valence-corrected chi connectivity index (χ1v) is 9.85. The highest BCUT2D eigenvalue weighted by molar-refractivity contribution is 7.86. The lowest BCUT2D eigenvalue weighted by molar-refractivity contribution is 0.165. The smallest absolute Gasteiger partial charge is 0.282 e.